The number of benzene rings is 1. The van der Waals surface area contributed by atoms with Crippen molar-refractivity contribution in [1.82, 2.24) is 9.71 Å². The highest BCUT2D eigenvalue weighted by atomic mass is 35.5. The van der Waals surface area contributed by atoms with E-state index >= 15 is 0 Å². The number of nitrogens with zero attached hydrogens (tertiary/aromatic N) is 1. The van der Waals surface area contributed by atoms with Crippen molar-refractivity contribution in [2.24, 2.45) is 0 Å². The summed E-state index contributed by atoms with van der Waals surface area (Å²) in [5, 5.41) is -0.648. The predicted molar refractivity (Wildman–Crippen MR) is 98.4 cm³/mol. The van der Waals surface area contributed by atoms with Crippen molar-refractivity contribution in [2.75, 3.05) is 6.26 Å². The molecule has 2 rings (SSSR count). The molecule has 0 aliphatic heterocycles. The Labute approximate surface area is 178 Å². The quantitative estimate of drug-likeness (QED) is 0.757. The first kappa shape index (κ1) is 12.2. The summed E-state index contributed by atoms with van der Waals surface area (Å²) in [4.78, 5) is 15.4. The summed E-state index contributed by atoms with van der Waals surface area (Å²) in [7, 11) is -4.07. The highest BCUT2D eigenvalue weighted by Gasteiger charge is 2.21. The number of pyridine rings is 1. The Kier molecular flexibility index (Phi) is 3.43. The maximum atomic E-state index is 14.4. The molecule has 1 aromatic heterocycles. The van der Waals surface area contributed by atoms with Gasteiger partial charge in [-0.05, 0) is 26.6 Å². The third-order valence-electron chi connectivity index (χ3n) is 2.80. The van der Waals surface area contributed by atoms with Gasteiger partial charge in [0.25, 0.3) is 5.91 Å². The van der Waals surface area contributed by atoms with E-state index in [0.717, 1.165) is 6.07 Å². The summed E-state index contributed by atoms with van der Waals surface area (Å²) in [6.07, 6.45) is 1.34. The zero-order valence-corrected chi connectivity index (χ0v) is 15.4. The van der Waals surface area contributed by atoms with Gasteiger partial charge in [0.15, 0.2) is 11.6 Å². The van der Waals surface area contributed by atoms with E-state index in [1.54, 1.807) is 0 Å². The lowest BCUT2D eigenvalue weighted by Crippen LogP contribution is -2.30. The van der Waals surface area contributed by atoms with E-state index in [4.69, 9.17) is 33.4 Å². The van der Waals surface area contributed by atoms with Crippen LogP contribution in [0.4, 0.5) is 8.78 Å². The Morgan fingerprint density at radius 1 is 1.25 bits per heavy atom. The van der Waals surface area contributed by atoms with Crippen LogP contribution in [0.15, 0.2) is 24.4 Å². The molecule has 0 fully saturated rings. The Hall–Kier alpha value is -2.46. The normalized spacial score (nSPS) is 17.9. The van der Waals surface area contributed by atoms with Crippen LogP contribution in [0.3, 0.4) is 0 Å². The van der Waals surface area contributed by atoms with Crippen LogP contribution in [-0.4, -0.2) is 31.2 Å². The number of rotatable bonds is 5. The van der Waals surface area contributed by atoms with Gasteiger partial charge in [-0.25, -0.2) is 26.9 Å². The first-order valence-corrected chi connectivity index (χ1v) is 9.31. The van der Waals surface area contributed by atoms with Gasteiger partial charge in [-0.2, -0.15) is 0 Å². The molecule has 11 heteroatoms. The van der Waals surface area contributed by atoms with Gasteiger partial charge in [0.1, 0.15) is 22.2 Å². The summed E-state index contributed by atoms with van der Waals surface area (Å²) < 4.78 is 130. The second kappa shape index (κ2) is 7.88. The number of amides is 1. The summed E-state index contributed by atoms with van der Waals surface area (Å²) in [5.74, 6) is -6.29. The lowest BCUT2D eigenvalue weighted by molar-refractivity contribution is 0.0977. The van der Waals surface area contributed by atoms with E-state index in [1.165, 1.54) is 4.72 Å². The summed E-state index contributed by atoms with van der Waals surface area (Å²) >= 11 is 5.96. The van der Waals surface area contributed by atoms with Crippen LogP contribution >= 0.6 is 11.6 Å². The molecule has 0 atom stereocenters. The summed E-state index contributed by atoms with van der Waals surface area (Å²) in [6.45, 7) is -11.1. The van der Waals surface area contributed by atoms with Gasteiger partial charge in [0, 0.05) is 24.5 Å². The van der Waals surface area contributed by atoms with E-state index < -0.39 is 81.7 Å². The van der Waals surface area contributed by atoms with Gasteiger partial charge in [0.05, 0.1) is 18.0 Å². The first-order valence-electron chi connectivity index (χ1n) is 11.5. The van der Waals surface area contributed by atoms with Crippen molar-refractivity contribution in [3.63, 3.8) is 0 Å². The largest absolute Gasteiger partial charge is 0.471 e. The minimum atomic E-state index is -4.07. The van der Waals surface area contributed by atoms with Gasteiger partial charge in [-0.3, -0.25) is 4.79 Å². The average Bonchev–Trinajstić information content (AvgIpc) is 2.65. The number of carbonyl (C=O) groups is 1. The Bertz CT molecular complexity index is 1280. The highest BCUT2D eigenvalue weighted by molar-refractivity contribution is 7.89. The number of hydrogen-bond acceptors (Lipinski definition) is 6. The number of ether oxygens (including phenoxy) is 2. The van der Waals surface area contributed by atoms with E-state index in [2.05, 4.69) is 4.98 Å². The Morgan fingerprint density at radius 3 is 2.50 bits per heavy atom. The number of sulfonamides is 1. The lowest BCUT2D eigenvalue weighted by atomic mass is 10.2. The van der Waals surface area contributed by atoms with Crippen molar-refractivity contribution in [3.05, 3.63) is 46.6 Å². The molecule has 1 aromatic carbocycles. The molecule has 0 saturated heterocycles. The van der Waals surface area contributed by atoms with Crippen molar-refractivity contribution in [3.8, 4) is 17.4 Å². The number of aromatic nitrogens is 1. The first-order chi connectivity index (χ1) is 16.5. The van der Waals surface area contributed by atoms with Crippen LogP contribution in [-0.2, 0) is 10.0 Å². The van der Waals surface area contributed by atoms with Crippen LogP contribution in [0, 0.1) is 11.6 Å². The second-order valence-electron chi connectivity index (χ2n) is 5.31. The average molecular weight is 444 g/mol. The minimum Gasteiger partial charge on any atom is -0.471 e. The van der Waals surface area contributed by atoms with E-state index in [0.29, 0.717) is 24.6 Å². The van der Waals surface area contributed by atoms with Crippen LogP contribution in [0.5, 0.6) is 17.4 Å². The van der Waals surface area contributed by atoms with Crippen molar-refractivity contribution >= 4 is 27.5 Å². The molecule has 1 heterocycles. The molecule has 0 aliphatic rings. The molecule has 1 N–H and O–H groups in total. The second-order valence-corrected chi connectivity index (χ2v) is 7.46. The number of halogens is 3. The van der Waals surface area contributed by atoms with Crippen molar-refractivity contribution < 1.29 is 43.8 Å². The third-order valence-corrected chi connectivity index (χ3v) is 3.63. The third kappa shape index (κ3) is 6.03. The maximum absolute atomic E-state index is 14.4. The standard InChI is InChI=1S/C17H17ClF2N2O5S/c1-17(2,3)27-16-11(18)5-9(8-21-16)26-14-7-12(19)10(6-13(14)20)15(23)22-28(4,24)25/h5-8H,1-4H3,(H,22,23)/i1D3,2D3,3D3. The fourth-order valence-corrected chi connectivity index (χ4v) is 2.46. The smallest absolute Gasteiger partial charge is 0.267 e. The SMILES string of the molecule is [2H]C([2H])([2H])C(Oc1ncc(Oc2cc(F)c(C(=O)NS(C)(=O)=O)cc2F)cc1Cl)(C([2H])([2H])[2H])C([2H])([2H])[2H]. The predicted octanol–water partition coefficient (Wildman–Crippen LogP) is 3.67. The maximum Gasteiger partial charge on any atom is 0.267 e. The van der Waals surface area contributed by atoms with Crippen molar-refractivity contribution in [1.29, 1.82) is 0 Å². The molecule has 0 unspecified atom stereocenters. The van der Waals surface area contributed by atoms with E-state index in [9.17, 15) is 22.0 Å². The van der Waals surface area contributed by atoms with Crippen LogP contribution < -0.4 is 14.2 Å². The monoisotopic (exact) mass is 443 g/mol. The number of nitrogens with one attached hydrogen (secondary N) is 1. The van der Waals surface area contributed by atoms with Crippen LogP contribution in [0.2, 0.25) is 5.02 Å². The van der Waals surface area contributed by atoms with E-state index in [-0.39, 0.29) is 0 Å². The zero-order chi connectivity index (χ0) is 28.8. The molecule has 0 aliphatic carbocycles. The number of hydrogen-bond donors (Lipinski definition) is 1. The van der Waals surface area contributed by atoms with Crippen LogP contribution in [0.1, 0.15) is 43.3 Å². The molecule has 0 saturated carbocycles. The lowest BCUT2D eigenvalue weighted by Gasteiger charge is -2.21. The highest BCUT2D eigenvalue weighted by Crippen LogP contribution is 2.32. The van der Waals surface area contributed by atoms with Crippen molar-refractivity contribution in [2.45, 2.75) is 26.2 Å². The minimum absolute atomic E-state index is 0.356. The summed E-state index contributed by atoms with van der Waals surface area (Å²) in [5.41, 5.74) is -4.69. The van der Waals surface area contributed by atoms with E-state index in [1.807, 2.05) is 0 Å². The molecular formula is C17H17ClF2N2O5S. The molecule has 0 bridgehead atoms. The van der Waals surface area contributed by atoms with Gasteiger partial charge in [-0.15, -0.1) is 0 Å². The summed E-state index contributed by atoms with van der Waals surface area (Å²) in [6, 6.07) is 1.58. The van der Waals surface area contributed by atoms with Gasteiger partial charge in [-0.1, -0.05) is 11.6 Å². The molecular weight excluding hydrogens is 418 g/mol. The Morgan fingerprint density at radius 2 is 1.93 bits per heavy atom. The van der Waals surface area contributed by atoms with Gasteiger partial charge in [0.2, 0.25) is 15.9 Å². The molecule has 0 radical (unpaired) electrons. The molecule has 28 heavy (non-hydrogen) atoms. The van der Waals surface area contributed by atoms with Gasteiger partial charge < -0.3 is 9.47 Å². The fourth-order valence-electron chi connectivity index (χ4n) is 1.81. The molecule has 1 amide bonds. The zero-order valence-electron chi connectivity index (χ0n) is 22.8. The molecule has 7 nitrogen and oxygen atoms in total. The Balaban J connectivity index is 2.43. The van der Waals surface area contributed by atoms with Gasteiger partial charge >= 0.3 is 0 Å². The molecule has 152 valence electrons. The van der Waals surface area contributed by atoms with Crippen LogP contribution in [0.25, 0.3) is 0 Å². The molecule has 2 aromatic rings. The number of carbonyl (C=O) groups excluding carboxylic acids is 1. The fraction of sp³-hybridized carbons (Fsp3) is 0.294. The molecule has 0 spiro atoms. The topological polar surface area (TPSA) is 94.6 Å².